The zero-order chi connectivity index (χ0) is 19.7. The highest BCUT2D eigenvalue weighted by molar-refractivity contribution is 7.91. The van der Waals surface area contributed by atoms with Crippen LogP contribution in [0.2, 0.25) is 0 Å². The first-order valence-electron chi connectivity index (χ1n) is 8.60. The quantitative estimate of drug-likeness (QED) is 0.699. The van der Waals surface area contributed by atoms with Gasteiger partial charge in [-0.1, -0.05) is 0 Å². The fourth-order valence-electron chi connectivity index (χ4n) is 3.04. The number of nitrogens with zero attached hydrogens (tertiary/aromatic N) is 3. The van der Waals surface area contributed by atoms with E-state index in [-0.39, 0.29) is 15.6 Å². The highest BCUT2D eigenvalue weighted by Crippen LogP contribution is 2.31. The molecule has 7 nitrogen and oxygen atoms in total. The van der Waals surface area contributed by atoms with Crippen LogP contribution in [-0.2, 0) is 10.0 Å². The van der Waals surface area contributed by atoms with Crippen LogP contribution in [-0.4, -0.2) is 49.1 Å². The van der Waals surface area contributed by atoms with Crippen molar-refractivity contribution >= 4 is 27.0 Å². The maximum absolute atomic E-state index is 13.1. The lowest BCUT2D eigenvalue weighted by Crippen LogP contribution is -2.48. The first-order chi connectivity index (χ1) is 13.4. The fraction of sp³-hybridized carbons (Fsp3) is 0.222. The molecule has 1 fully saturated rings. The summed E-state index contributed by atoms with van der Waals surface area (Å²) in [6.07, 6.45) is 0. The van der Waals surface area contributed by atoms with Crippen molar-refractivity contribution in [1.29, 1.82) is 0 Å². The molecule has 0 amide bonds. The average molecular weight is 420 g/mol. The molecule has 1 saturated heterocycles. The third-order valence-electron chi connectivity index (χ3n) is 4.54. The van der Waals surface area contributed by atoms with Crippen LogP contribution in [0.5, 0.6) is 0 Å². The molecule has 0 bridgehead atoms. The van der Waals surface area contributed by atoms with E-state index in [9.17, 15) is 17.6 Å². The normalized spacial score (nSPS) is 15.7. The monoisotopic (exact) mass is 420 g/mol. The molecule has 0 aliphatic carbocycles. The molecule has 0 saturated carbocycles. The van der Waals surface area contributed by atoms with Crippen LogP contribution in [0.4, 0.5) is 10.1 Å². The number of hydrogen-bond donors (Lipinski definition) is 1. The number of thiophene rings is 1. The number of sulfonamides is 1. The van der Waals surface area contributed by atoms with Gasteiger partial charge in [0.25, 0.3) is 15.6 Å². The summed E-state index contributed by atoms with van der Waals surface area (Å²) in [4.78, 5) is 13.8. The third-order valence-corrected chi connectivity index (χ3v) is 8.01. The molecule has 1 aliphatic heterocycles. The number of aromatic amines is 1. The van der Waals surface area contributed by atoms with Gasteiger partial charge in [0.05, 0.1) is 4.88 Å². The number of piperazine rings is 1. The van der Waals surface area contributed by atoms with Crippen molar-refractivity contribution in [2.75, 3.05) is 31.1 Å². The van der Waals surface area contributed by atoms with Crippen molar-refractivity contribution in [2.24, 2.45) is 0 Å². The first kappa shape index (κ1) is 18.8. The Bertz CT molecular complexity index is 1110. The minimum absolute atomic E-state index is 0.241. The summed E-state index contributed by atoms with van der Waals surface area (Å²) in [7, 11) is -3.60. The van der Waals surface area contributed by atoms with E-state index in [2.05, 4.69) is 10.2 Å². The maximum Gasteiger partial charge on any atom is 0.264 e. The predicted octanol–water partition coefficient (Wildman–Crippen LogP) is 2.15. The lowest BCUT2D eigenvalue weighted by Gasteiger charge is -2.35. The van der Waals surface area contributed by atoms with Crippen LogP contribution in [0, 0.1) is 5.82 Å². The van der Waals surface area contributed by atoms with Crippen LogP contribution >= 0.6 is 11.3 Å². The largest absolute Gasteiger partial charge is 0.369 e. The smallest absolute Gasteiger partial charge is 0.264 e. The van der Waals surface area contributed by atoms with Crippen molar-refractivity contribution in [3.8, 4) is 10.6 Å². The maximum atomic E-state index is 13.1. The fourth-order valence-corrected chi connectivity index (χ4v) is 5.90. The summed E-state index contributed by atoms with van der Waals surface area (Å²) in [5, 5.41) is 6.28. The van der Waals surface area contributed by atoms with Crippen molar-refractivity contribution < 1.29 is 12.8 Å². The summed E-state index contributed by atoms with van der Waals surface area (Å²) < 4.78 is 40.7. The molecule has 1 N–H and O–H groups in total. The van der Waals surface area contributed by atoms with E-state index in [1.54, 1.807) is 30.3 Å². The third kappa shape index (κ3) is 3.71. The summed E-state index contributed by atoms with van der Waals surface area (Å²) in [6, 6.07) is 12.4. The molecule has 3 aromatic rings. The van der Waals surface area contributed by atoms with Gasteiger partial charge in [-0.05, 0) is 42.5 Å². The minimum Gasteiger partial charge on any atom is -0.369 e. The van der Waals surface area contributed by atoms with Crippen LogP contribution in [0.1, 0.15) is 0 Å². The second kappa shape index (κ2) is 7.46. The number of benzene rings is 1. The Hall–Kier alpha value is -2.56. The van der Waals surface area contributed by atoms with Gasteiger partial charge < -0.3 is 4.90 Å². The van der Waals surface area contributed by atoms with Gasteiger partial charge in [-0.3, -0.25) is 4.79 Å². The molecule has 0 unspecified atom stereocenters. The molecule has 2 aromatic heterocycles. The van der Waals surface area contributed by atoms with E-state index >= 15 is 0 Å². The number of aromatic nitrogens is 2. The summed E-state index contributed by atoms with van der Waals surface area (Å²) in [6.45, 7) is 1.77. The van der Waals surface area contributed by atoms with Gasteiger partial charge in [-0.15, -0.1) is 11.3 Å². The summed E-state index contributed by atoms with van der Waals surface area (Å²) >= 11 is 1.12. The van der Waals surface area contributed by atoms with Gasteiger partial charge in [0.2, 0.25) is 0 Å². The standard InChI is InChI=1S/C18H17FN4O3S2/c19-13-1-3-14(4-2-13)22-9-11-23(12-10-22)28(25,26)18-8-6-16(27-18)15-5-7-17(24)21-20-15/h1-8H,9-12H2,(H,21,24). The zero-order valence-corrected chi connectivity index (χ0v) is 16.3. The van der Waals surface area contributed by atoms with Crippen molar-refractivity contribution in [3.05, 3.63) is 64.7 Å². The van der Waals surface area contributed by atoms with Crippen molar-refractivity contribution in [3.63, 3.8) is 0 Å². The lowest BCUT2D eigenvalue weighted by molar-refractivity contribution is 0.386. The molecule has 146 valence electrons. The van der Waals surface area contributed by atoms with Gasteiger partial charge in [0.1, 0.15) is 15.7 Å². The van der Waals surface area contributed by atoms with Crippen LogP contribution < -0.4 is 10.5 Å². The number of halogens is 1. The highest BCUT2D eigenvalue weighted by Gasteiger charge is 2.30. The Balaban J connectivity index is 1.48. The summed E-state index contributed by atoms with van der Waals surface area (Å²) in [5.74, 6) is -0.296. The van der Waals surface area contributed by atoms with Gasteiger partial charge in [0, 0.05) is 37.9 Å². The Morgan fingerprint density at radius 1 is 0.964 bits per heavy atom. The molecule has 1 aromatic carbocycles. The van der Waals surface area contributed by atoms with Crippen molar-refractivity contribution in [1.82, 2.24) is 14.5 Å². The van der Waals surface area contributed by atoms with E-state index < -0.39 is 10.0 Å². The second-order valence-corrected chi connectivity index (χ2v) is 9.54. The lowest BCUT2D eigenvalue weighted by atomic mass is 10.2. The molecule has 1 aliphatic rings. The first-order valence-corrected chi connectivity index (χ1v) is 10.9. The van der Waals surface area contributed by atoms with E-state index in [0.29, 0.717) is 36.8 Å². The predicted molar refractivity (Wildman–Crippen MR) is 106 cm³/mol. The molecule has 4 rings (SSSR count). The molecule has 10 heteroatoms. The van der Waals surface area contributed by atoms with E-state index in [1.807, 2.05) is 4.90 Å². The van der Waals surface area contributed by atoms with Gasteiger partial charge in [-0.2, -0.15) is 9.40 Å². The Labute approximate surface area is 165 Å². The molecule has 3 heterocycles. The zero-order valence-electron chi connectivity index (χ0n) is 14.7. The Morgan fingerprint density at radius 3 is 2.32 bits per heavy atom. The van der Waals surface area contributed by atoms with E-state index in [0.717, 1.165) is 17.0 Å². The SMILES string of the molecule is O=c1ccc(-c2ccc(S(=O)(=O)N3CCN(c4ccc(F)cc4)CC3)s2)n[nH]1. The molecular formula is C18H17FN4O3S2. The number of anilines is 1. The van der Waals surface area contributed by atoms with E-state index in [1.165, 1.54) is 22.5 Å². The number of hydrogen-bond acceptors (Lipinski definition) is 6. The highest BCUT2D eigenvalue weighted by atomic mass is 32.2. The van der Waals surface area contributed by atoms with E-state index in [4.69, 9.17) is 0 Å². The van der Waals surface area contributed by atoms with Crippen LogP contribution in [0.3, 0.4) is 0 Å². The molecular weight excluding hydrogens is 403 g/mol. The topological polar surface area (TPSA) is 86.4 Å². The average Bonchev–Trinajstić information content (AvgIpc) is 3.20. The van der Waals surface area contributed by atoms with Crippen LogP contribution in [0.15, 0.2) is 57.5 Å². The summed E-state index contributed by atoms with van der Waals surface area (Å²) in [5.41, 5.74) is 1.08. The Kier molecular flexibility index (Phi) is 5.00. The van der Waals surface area contributed by atoms with Gasteiger partial charge in [-0.25, -0.2) is 17.9 Å². The molecule has 28 heavy (non-hydrogen) atoms. The van der Waals surface area contributed by atoms with Crippen LogP contribution in [0.25, 0.3) is 10.6 Å². The second-order valence-electron chi connectivity index (χ2n) is 6.29. The minimum atomic E-state index is -3.60. The number of nitrogens with one attached hydrogen (secondary N) is 1. The molecule has 0 spiro atoms. The van der Waals surface area contributed by atoms with Gasteiger partial charge in [0.15, 0.2) is 0 Å². The van der Waals surface area contributed by atoms with Crippen molar-refractivity contribution in [2.45, 2.75) is 4.21 Å². The Morgan fingerprint density at radius 2 is 1.68 bits per heavy atom. The number of H-pyrrole nitrogens is 1. The van der Waals surface area contributed by atoms with Gasteiger partial charge >= 0.3 is 0 Å². The molecule has 0 radical (unpaired) electrons. The molecule has 0 atom stereocenters. The number of rotatable bonds is 4.